The van der Waals surface area contributed by atoms with Gasteiger partial charge in [0.15, 0.2) is 0 Å². The number of hydrogen-bond donors (Lipinski definition) is 3. The lowest BCUT2D eigenvalue weighted by molar-refractivity contribution is -0.134. The molecule has 1 aliphatic carbocycles. The number of nitrogens with zero attached hydrogens (tertiary/aromatic N) is 3. The molecule has 0 aromatic carbocycles. The van der Waals surface area contributed by atoms with E-state index >= 15 is 0 Å². The summed E-state index contributed by atoms with van der Waals surface area (Å²) < 4.78 is 0. The van der Waals surface area contributed by atoms with Gasteiger partial charge in [-0.25, -0.2) is 4.79 Å². The molecule has 2 amide bonds. The van der Waals surface area contributed by atoms with Gasteiger partial charge >= 0.3 is 6.09 Å². The molecule has 2 saturated heterocycles. The number of likely N-dealkylation sites (tertiary alicyclic amines) is 1. The van der Waals surface area contributed by atoms with E-state index in [0.29, 0.717) is 19.5 Å². The van der Waals surface area contributed by atoms with Crippen LogP contribution in [0.5, 0.6) is 0 Å². The maximum Gasteiger partial charge on any atom is 0.407 e. The van der Waals surface area contributed by atoms with Crippen LogP contribution in [0.2, 0.25) is 0 Å². The molecule has 3 rings (SSSR count). The minimum absolute atomic E-state index is 0.102. The highest BCUT2D eigenvalue weighted by Crippen LogP contribution is 2.53. The summed E-state index contributed by atoms with van der Waals surface area (Å²) in [4.78, 5) is 28.9. The van der Waals surface area contributed by atoms with Crippen molar-refractivity contribution in [2.24, 2.45) is 5.41 Å². The van der Waals surface area contributed by atoms with Crippen LogP contribution in [0.1, 0.15) is 39.0 Å². The van der Waals surface area contributed by atoms with Crippen molar-refractivity contribution in [3.05, 3.63) is 0 Å². The van der Waals surface area contributed by atoms with Crippen LogP contribution in [0, 0.1) is 5.41 Å². The Morgan fingerprint density at radius 3 is 2.58 bits per heavy atom. The quantitative estimate of drug-likeness (QED) is 0.639. The standard InChI is InChI=1S/C18H31N3O5/c1-13-10-21(16(24)3-8-20(13)17(25)26)14(12-22)2-7-19-9-6-18(4-5-18)15(23)11-19/h13-15,22-23H,2-12H2,1H3,(H,25,26)/t13-,14+,15-/m1/s1. The van der Waals surface area contributed by atoms with Crippen molar-refractivity contribution in [2.45, 2.75) is 57.2 Å². The van der Waals surface area contributed by atoms with Gasteiger partial charge in [0, 0.05) is 38.6 Å². The van der Waals surface area contributed by atoms with Gasteiger partial charge in [-0.1, -0.05) is 0 Å². The molecule has 8 heteroatoms. The van der Waals surface area contributed by atoms with Crippen molar-refractivity contribution in [3.8, 4) is 0 Å². The molecule has 3 N–H and O–H groups in total. The van der Waals surface area contributed by atoms with Gasteiger partial charge in [-0.05, 0) is 44.6 Å². The molecule has 26 heavy (non-hydrogen) atoms. The highest BCUT2D eigenvalue weighted by Gasteiger charge is 2.51. The van der Waals surface area contributed by atoms with E-state index in [1.54, 1.807) is 11.8 Å². The second-order valence-electron chi connectivity index (χ2n) is 8.17. The summed E-state index contributed by atoms with van der Waals surface area (Å²) in [6.07, 6.45) is 2.77. The molecular formula is C18H31N3O5. The third-order valence-electron chi connectivity index (χ3n) is 6.51. The van der Waals surface area contributed by atoms with Crippen LogP contribution in [-0.4, -0.2) is 99.5 Å². The molecule has 0 unspecified atom stereocenters. The maximum atomic E-state index is 12.5. The number of hydrogen-bond acceptors (Lipinski definition) is 5. The topological polar surface area (TPSA) is 105 Å². The molecule has 0 aromatic heterocycles. The van der Waals surface area contributed by atoms with Gasteiger partial charge in [-0.15, -0.1) is 0 Å². The van der Waals surface area contributed by atoms with E-state index in [1.807, 2.05) is 0 Å². The fraction of sp³-hybridized carbons (Fsp3) is 0.889. The summed E-state index contributed by atoms with van der Waals surface area (Å²) in [6.45, 7) is 4.50. The van der Waals surface area contributed by atoms with Crippen LogP contribution in [-0.2, 0) is 4.79 Å². The number of aliphatic hydroxyl groups is 2. The zero-order valence-electron chi connectivity index (χ0n) is 15.5. The number of piperidine rings is 1. The van der Waals surface area contributed by atoms with Crippen molar-refractivity contribution in [3.63, 3.8) is 0 Å². The van der Waals surface area contributed by atoms with Crippen LogP contribution < -0.4 is 0 Å². The number of β-amino-alcohol motifs (C(OH)–C–C–N with tert-alkyl or cyclic N) is 1. The Morgan fingerprint density at radius 2 is 2.00 bits per heavy atom. The molecule has 8 nitrogen and oxygen atoms in total. The lowest BCUT2D eigenvalue weighted by atomic mass is 9.90. The Morgan fingerprint density at radius 1 is 1.27 bits per heavy atom. The van der Waals surface area contributed by atoms with Gasteiger partial charge in [-0.2, -0.15) is 0 Å². The maximum absolute atomic E-state index is 12.5. The van der Waals surface area contributed by atoms with E-state index in [9.17, 15) is 24.9 Å². The normalized spacial score (nSPS) is 30.3. The first-order valence-electron chi connectivity index (χ1n) is 9.66. The first-order valence-corrected chi connectivity index (χ1v) is 9.66. The highest BCUT2D eigenvalue weighted by molar-refractivity contribution is 5.78. The van der Waals surface area contributed by atoms with Crippen LogP contribution in [0.3, 0.4) is 0 Å². The van der Waals surface area contributed by atoms with E-state index in [1.165, 1.54) is 4.90 Å². The van der Waals surface area contributed by atoms with E-state index in [-0.39, 0.29) is 49.1 Å². The molecule has 1 spiro atoms. The van der Waals surface area contributed by atoms with Gasteiger partial charge < -0.3 is 30.0 Å². The first kappa shape index (κ1) is 19.4. The molecule has 2 aliphatic heterocycles. The zero-order chi connectivity index (χ0) is 18.9. The second kappa shape index (κ2) is 7.70. The lowest BCUT2D eigenvalue weighted by Crippen LogP contribution is -2.50. The first-order chi connectivity index (χ1) is 12.4. The van der Waals surface area contributed by atoms with Crippen LogP contribution in [0.4, 0.5) is 4.79 Å². The Hall–Kier alpha value is -1.38. The van der Waals surface area contributed by atoms with E-state index in [4.69, 9.17) is 0 Å². The van der Waals surface area contributed by atoms with Gasteiger partial charge in [0.25, 0.3) is 0 Å². The predicted octanol–water partition coefficient (Wildman–Crippen LogP) is 0.185. The highest BCUT2D eigenvalue weighted by atomic mass is 16.4. The number of carboxylic acid groups (broad SMARTS) is 1. The summed E-state index contributed by atoms with van der Waals surface area (Å²) in [5, 5.41) is 29.4. The summed E-state index contributed by atoms with van der Waals surface area (Å²) in [5.74, 6) is -0.102. The molecule has 1 saturated carbocycles. The SMILES string of the molecule is C[C@@H]1CN([C@H](CO)CCN2CCC3(CC3)[C@H](O)C2)C(=O)CCN1C(=O)O. The molecule has 3 fully saturated rings. The third kappa shape index (κ3) is 3.97. The summed E-state index contributed by atoms with van der Waals surface area (Å²) in [5.41, 5.74) is 0.170. The average molecular weight is 369 g/mol. The molecule has 148 valence electrons. The van der Waals surface area contributed by atoms with Crippen molar-refractivity contribution < 1.29 is 24.9 Å². The number of aliphatic hydroxyl groups excluding tert-OH is 2. The summed E-state index contributed by atoms with van der Waals surface area (Å²) in [7, 11) is 0. The van der Waals surface area contributed by atoms with Gasteiger partial charge in [0.2, 0.25) is 5.91 Å². The van der Waals surface area contributed by atoms with Crippen LogP contribution in [0.25, 0.3) is 0 Å². The summed E-state index contributed by atoms with van der Waals surface area (Å²) >= 11 is 0. The lowest BCUT2D eigenvalue weighted by Gasteiger charge is -2.38. The average Bonchev–Trinajstić information content (AvgIpc) is 3.39. The van der Waals surface area contributed by atoms with E-state index < -0.39 is 6.09 Å². The van der Waals surface area contributed by atoms with E-state index in [2.05, 4.69) is 4.90 Å². The molecule has 0 aromatic rings. The fourth-order valence-electron chi connectivity index (χ4n) is 4.40. The number of amides is 2. The van der Waals surface area contributed by atoms with Crippen LogP contribution >= 0.6 is 0 Å². The van der Waals surface area contributed by atoms with Crippen molar-refractivity contribution in [2.75, 3.05) is 39.3 Å². The molecule has 0 radical (unpaired) electrons. The Labute approximate surface area is 154 Å². The minimum atomic E-state index is -1.01. The van der Waals surface area contributed by atoms with Crippen molar-refractivity contribution >= 4 is 12.0 Å². The monoisotopic (exact) mass is 369 g/mol. The number of rotatable bonds is 5. The van der Waals surface area contributed by atoms with E-state index in [0.717, 1.165) is 32.4 Å². The fourth-order valence-corrected chi connectivity index (χ4v) is 4.40. The van der Waals surface area contributed by atoms with Crippen molar-refractivity contribution in [1.29, 1.82) is 0 Å². The zero-order valence-corrected chi connectivity index (χ0v) is 15.5. The Kier molecular flexibility index (Phi) is 5.74. The predicted molar refractivity (Wildman–Crippen MR) is 94.7 cm³/mol. The Bertz CT molecular complexity index is 539. The summed E-state index contributed by atoms with van der Waals surface area (Å²) in [6, 6.07) is -0.604. The number of carbonyl (C=O) groups excluding carboxylic acids is 1. The molecule has 3 atom stereocenters. The van der Waals surface area contributed by atoms with Crippen molar-refractivity contribution in [1.82, 2.24) is 14.7 Å². The third-order valence-corrected chi connectivity index (χ3v) is 6.51. The van der Waals surface area contributed by atoms with Gasteiger partial charge in [0.05, 0.1) is 18.8 Å². The van der Waals surface area contributed by atoms with Gasteiger partial charge in [0.1, 0.15) is 0 Å². The molecule has 3 aliphatic rings. The Balaban J connectivity index is 1.55. The largest absolute Gasteiger partial charge is 0.465 e. The second-order valence-corrected chi connectivity index (χ2v) is 8.17. The molecule has 0 bridgehead atoms. The van der Waals surface area contributed by atoms with Gasteiger partial charge in [-0.3, -0.25) is 4.79 Å². The van der Waals surface area contributed by atoms with Crippen LogP contribution in [0.15, 0.2) is 0 Å². The minimum Gasteiger partial charge on any atom is -0.465 e. The smallest absolute Gasteiger partial charge is 0.407 e. The number of carbonyl (C=O) groups is 2. The molecule has 2 heterocycles. The molecular weight excluding hydrogens is 338 g/mol.